The number of nitrogens with zero attached hydrogens (tertiary/aromatic N) is 1. The highest BCUT2D eigenvalue weighted by Crippen LogP contribution is 2.29. The predicted molar refractivity (Wildman–Crippen MR) is 108 cm³/mol. The summed E-state index contributed by atoms with van der Waals surface area (Å²) in [5.41, 5.74) is 3.16. The van der Waals surface area contributed by atoms with Crippen LogP contribution in [0.4, 0.5) is 15.8 Å². The molecule has 0 aliphatic rings. The first-order valence-corrected chi connectivity index (χ1v) is 9.47. The molecule has 0 aliphatic carbocycles. The molecule has 2 N–H and O–H groups in total. The third-order valence-electron chi connectivity index (χ3n) is 3.82. The van der Waals surface area contributed by atoms with Crippen molar-refractivity contribution in [2.75, 3.05) is 17.7 Å². The first kappa shape index (κ1) is 20.3. The number of ether oxygens (including phenoxy) is 2. The molecule has 29 heavy (non-hydrogen) atoms. The van der Waals surface area contributed by atoms with Gasteiger partial charge in [0.1, 0.15) is 12.4 Å². The van der Waals surface area contributed by atoms with E-state index in [9.17, 15) is 14.0 Å². The van der Waals surface area contributed by atoms with Crippen LogP contribution in [0.1, 0.15) is 23.0 Å². The van der Waals surface area contributed by atoms with Gasteiger partial charge >= 0.3 is 0 Å². The Morgan fingerprint density at radius 1 is 1.14 bits per heavy atom. The minimum absolute atomic E-state index is 0.0151. The smallest absolute Gasteiger partial charge is 0.255 e. The van der Waals surface area contributed by atoms with Gasteiger partial charge in [0.2, 0.25) is 5.91 Å². The van der Waals surface area contributed by atoms with E-state index in [1.54, 1.807) is 23.7 Å². The third-order valence-corrected chi connectivity index (χ3v) is 4.46. The summed E-state index contributed by atoms with van der Waals surface area (Å²) in [6, 6.07) is 8.68. The Morgan fingerprint density at radius 3 is 2.66 bits per heavy atom. The van der Waals surface area contributed by atoms with E-state index in [4.69, 9.17) is 9.47 Å². The lowest BCUT2D eigenvalue weighted by atomic mass is 10.1. The fourth-order valence-corrected chi connectivity index (χ4v) is 3.02. The van der Waals surface area contributed by atoms with Gasteiger partial charge in [0.05, 0.1) is 24.0 Å². The number of thiazole rings is 1. The normalized spacial score (nSPS) is 10.3. The summed E-state index contributed by atoms with van der Waals surface area (Å²) >= 11 is 1.47. The second-order valence-electron chi connectivity index (χ2n) is 5.96. The van der Waals surface area contributed by atoms with Crippen LogP contribution in [0.5, 0.6) is 11.5 Å². The number of hydrogen-bond acceptors (Lipinski definition) is 6. The second kappa shape index (κ2) is 9.16. The Kier molecular flexibility index (Phi) is 6.40. The maximum absolute atomic E-state index is 13.7. The number of methoxy groups -OCH3 is 1. The van der Waals surface area contributed by atoms with E-state index in [2.05, 4.69) is 15.6 Å². The molecule has 2 amide bonds. The van der Waals surface area contributed by atoms with Crippen molar-refractivity contribution in [3.05, 3.63) is 64.4 Å². The molecule has 0 fully saturated rings. The molecule has 0 atom stereocenters. The molecule has 0 unspecified atom stereocenters. The maximum Gasteiger partial charge on any atom is 0.255 e. The number of amides is 2. The van der Waals surface area contributed by atoms with Gasteiger partial charge in [0.15, 0.2) is 11.5 Å². The lowest BCUT2D eigenvalue weighted by Gasteiger charge is -2.12. The Hall–Kier alpha value is -3.46. The lowest BCUT2D eigenvalue weighted by Crippen LogP contribution is -2.13. The molecular weight excluding hydrogens is 397 g/mol. The van der Waals surface area contributed by atoms with Gasteiger partial charge in [-0.05, 0) is 36.4 Å². The van der Waals surface area contributed by atoms with E-state index in [1.165, 1.54) is 37.5 Å². The van der Waals surface area contributed by atoms with Gasteiger partial charge in [-0.15, -0.1) is 11.3 Å². The third kappa shape index (κ3) is 5.29. The van der Waals surface area contributed by atoms with Crippen molar-refractivity contribution in [3.8, 4) is 11.5 Å². The largest absolute Gasteiger partial charge is 0.493 e. The van der Waals surface area contributed by atoms with Gasteiger partial charge in [0, 0.05) is 23.6 Å². The molecule has 1 aromatic heterocycles. The fraction of sp³-hybridized carbons (Fsp3) is 0.150. The van der Waals surface area contributed by atoms with E-state index in [0.717, 1.165) is 11.8 Å². The summed E-state index contributed by atoms with van der Waals surface area (Å²) < 4.78 is 24.8. The number of benzene rings is 2. The maximum atomic E-state index is 13.7. The van der Waals surface area contributed by atoms with Gasteiger partial charge in [-0.25, -0.2) is 9.37 Å². The molecular formula is C20H18FN3O4S. The molecule has 2 aromatic carbocycles. The van der Waals surface area contributed by atoms with Crippen molar-refractivity contribution >= 4 is 34.5 Å². The minimum Gasteiger partial charge on any atom is -0.493 e. The fourth-order valence-electron chi connectivity index (χ4n) is 2.48. The molecule has 7 nitrogen and oxygen atoms in total. The Bertz CT molecular complexity index is 1020. The molecule has 0 bridgehead atoms. The van der Waals surface area contributed by atoms with Crippen LogP contribution >= 0.6 is 11.3 Å². The van der Waals surface area contributed by atoms with Crippen molar-refractivity contribution in [2.24, 2.45) is 0 Å². The summed E-state index contributed by atoms with van der Waals surface area (Å²) in [6.45, 7) is 1.56. The zero-order chi connectivity index (χ0) is 20.8. The van der Waals surface area contributed by atoms with Crippen molar-refractivity contribution < 1.29 is 23.5 Å². The van der Waals surface area contributed by atoms with Gasteiger partial charge in [0.25, 0.3) is 5.91 Å². The van der Waals surface area contributed by atoms with Crippen molar-refractivity contribution in [3.63, 3.8) is 0 Å². The van der Waals surface area contributed by atoms with Gasteiger partial charge in [-0.2, -0.15) is 0 Å². The van der Waals surface area contributed by atoms with Gasteiger partial charge < -0.3 is 20.1 Å². The van der Waals surface area contributed by atoms with Crippen LogP contribution in [0, 0.1) is 5.82 Å². The van der Waals surface area contributed by atoms with Gasteiger partial charge in [-0.3, -0.25) is 9.59 Å². The number of halogens is 1. The van der Waals surface area contributed by atoms with Crippen LogP contribution in [-0.4, -0.2) is 23.9 Å². The molecule has 0 saturated heterocycles. The average molecular weight is 415 g/mol. The number of rotatable bonds is 7. The highest BCUT2D eigenvalue weighted by molar-refractivity contribution is 7.07. The molecule has 1 heterocycles. The van der Waals surface area contributed by atoms with E-state index < -0.39 is 17.6 Å². The zero-order valence-corrected chi connectivity index (χ0v) is 16.5. The summed E-state index contributed by atoms with van der Waals surface area (Å²) in [6.07, 6.45) is 0. The van der Waals surface area contributed by atoms with Gasteiger partial charge in [-0.1, -0.05) is 0 Å². The Labute approximate surface area is 170 Å². The Morgan fingerprint density at radius 2 is 1.97 bits per heavy atom. The van der Waals surface area contributed by atoms with Crippen LogP contribution < -0.4 is 20.1 Å². The van der Waals surface area contributed by atoms with E-state index in [1.807, 2.05) is 5.38 Å². The summed E-state index contributed by atoms with van der Waals surface area (Å²) in [7, 11) is 1.48. The van der Waals surface area contributed by atoms with Crippen molar-refractivity contribution in [1.82, 2.24) is 4.98 Å². The minimum atomic E-state index is -0.596. The first-order valence-electron chi connectivity index (χ1n) is 8.52. The van der Waals surface area contributed by atoms with Crippen LogP contribution in [-0.2, 0) is 11.4 Å². The standard InChI is InChI=1S/C20H18FN3O4S/c1-12(25)23-17-8-14(4-5-16(17)21)24-20(26)13-3-6-18(19(7-13)27-2)28-9-15-10-29-11-22-15/h3-8,10-11H,9H2,1-2H3,(H,23,25)(H,24,26). The second-order valence-corrected chi connectivity index (χ2v) is 6.68. The number of carbonyl (C=O) groups excluding carboxylic acids is 2. The Balaban J connectivity index is 1.73. The summed E-state index contributed by atoms with van der Waals surface area (Å²) in [5, 5.41) is 6.92. The molecule has 0 spiro atoms. The molecule has 0 aliphatic heterocycles. The first-order chi connectivity index (χ1) is 14.0. The van der Waals surface area contributed by atoms with E-state index >= 15 is 0 Å². The van der Waals surface area contributed by atoms with Crippen LogP contribution in [0.3, 0.4) is 0 Å². The quantitative estimate of drug-likeness (QED) is 0.607. The van der Waals surface area contributed by atoms with Crippen molar-refractivity contribution in [1.29, 1.82) is 0 Å². The van der Waals surface area contributed by atoms with E-state index in [0.29, 0.717) is 22.7 Å². The molecule has 0 radical (unpaired) electrons. The number of hydrogen-bond donors (Lipinski definition) is 2. The van der Waals surface area contributed by atoms with Crippen molar-refractivity contribution in [2.45, 2.75) is 13.5 Å². The lowest BCUT2D eigenvalue weighted by molar-refractivity contribution is -0.114. The highest BCUT2D eigenvalue weighted by Gasteiger charge is 2.13. The summed E-state index contributed by atoms with van der Waals surface area (Å²) in [4.78, 5) is 27.9. The highest BCUT2D eigenvalue weighted by atomic mass is 32.1. The number of nitrogens with one attached hydrogen (secondary N) is 2. The molecule has 0 saturated carbocycles. The van der Waals surface area contributed by atoms with Crippen LogP contribution in [0.25, 0.3) is 0 Å². The number of aromatic nitrogens is 1. The topological polar surface area (TPSA) is 89.6 Å². The van der Waals surface area contributed by atoms with Crippen LogP contribution in [0.2, 0.25) is 0 Å². The monoisotopic (exact) mass is 415 g/mol. The molecule has 3 aromatic rings. The number of anilines is 2. The number of carbonyl (C=O) groups is 2. The molecule has 9 heteroatoms. The SMILES string of the molecule is COc1cc(C(=O)Nc2ccc(F)c(NC(C)=O)c2)ccc1OCc1cscn1. The zero-order valence-electron chi connectivity index (χ0n) is 15.7. The average Bonchev–Trinajstić information content (AvgIpc) is 3.22. The molecule has 150 valence electrons. The molecule has 3 rings (SSSR count). The summed E-state index contributed by atoms with van der Waals surface area (Å²) in [5.74, 6) is -0.556. The van der Waals surface area contributed by atoms with E-state index in [-0.39, 0.29) is 12.3 Å². The predicted octanol–water partition coefficient (Wildman–Crippen LogP) is 4.08. The van der Waals surface area contributed by atoms with Crippen LogP contribution in [0.15, 0.2) is 47.3 Å².